The van der Waals surface area contributed by atoms with Gasteiger partial charge in [0.1, 0.15) is 5.75 Å². The van der Waals surface area contributed by atoms with E-state index in [1.807, 2.05) is 0 Å². The first kappa shape index (κ1) is 15.4. The Morgan fingerprint density at radius 2 is 1.86 bits per heavy atom. The Balaban J connectivity index is 2.00. The van der Waals surface area contributed by atoms with E-state index >= 15 is 0 Å². The molecule has 0 aliphatic carbocycles. The third-order valence-corrected chi connectivity index (χ3v) is 2.94. The Hall–Kier alpha value is -3.02. The summed E-state index contributed by atoms with van der Waals surface area (Å²) in [5.74, 6) is -1.07. The summed E-state index contributed by atoms with van der Waals surface area (Å²) in [5.41, 5.74) is 6.88. The van der Waals surface area contributed by atoms with Crippen molar-refractivity contribution < 1.29 is 19.4 Å². The summed E-state index contributed by atoms with van der Waals surface area (Å²) in [6.45, 7) is 1.58. The smallest absolute Gasteiger partial charge is 0.335 e. The van der Waals surface area contributed by atoms with Crippen LogP contribution in [0.1, 0.15) is 17.3 Å². The highest BCUT2D eigenvalue weighted by atomic mass is 16.5. The summed E-state index contributed by atoms with van der Waals surface area (Å²) in [4.78, 5) is 22.9. The van der Waals surface area contributed by atoms with E-state index in [2.05, 4.69) is 5.32 Å². The third kappa shape index (κ3) is 3.99. The first-order chi connectivity index (χ1) is 10.5. The number of amides is 1. The molecule has 2 rings (SSSR count). The van der Waals surface area contributed by atoms with Crippen molar-refractivity contribution in [3.05, 3.63) is 54.1 Å². The number of carboxylic acid groups (broad SMARTS) is 1. The second kappa shape index (κ2) is 6.62. The number of rotatable bonds is 5. The SMILES string of the molecule is C[C@H](Oc1cccc(C(=O)O)c1)C(=O)Nc1ccc(N)cc1. The summed E-state index contributed by atoms with van der Waals surface area (Å²) >= 11 is 0. The molecule has 0 heterocycles. The van der Waals surface area contributed by atoms with Gasteiger partial charge in [0.25, 0.3) is 5.91 Å². The fourth-order valence-corrected chi connectivity index (χ4v) is 1.77. The second-order valence-corrected chi connectivity index (χ2v) is 4.70. The van der Waals surface area contributed by atoms with E-state index in [1.54, 1.807) is 43.3 Å². The van der Waals surface area contributed by atoms with Crippen molar-refractivity contribution in [1.82, 2.24) is 0 Å². The summed E-state index contributed by atoms with van der Waals surface area (Å²) in [6.07, 6.45) is -0.776. The fourth-order valence-electron chi connectivity index (χ4n) is 1.77. The molecule has 22 heavy (non-hydrogen) atoms. The number of carboxylic acids is 1. The molecule has 1 atom stereocenters. The summed E-state index contributed by atoms with van der Waals surface area (Å²) in [5, 5.41) is 11.6. The first-order valence-corrected chi connectivity index (χ1v) is 6.62. The van der Waals surface area contributed by atoms with Crippen molar-refractivity contribution in [3.63, 3.8) is 0 Å². The second-order valence-electron chi connectivity index (χ2n) is 4.70. The van der Waals surface area contributed by atoms with Gasteiger partial charge < -0.3 is 20.9 Å². The van der Waals surface area contributed by atoms with Gasteiger partial charge in [0, 0.05) is 11.4 Å². The standard InChI is InChI=1S/C16H16N2O4/c1-10(15(19)18-13-7-5-12(17)6-8-13)22-14-4-2-3-11(9-14)16(20)21/h2-10H,17H2,1H3,(H,18,19)(H,20,21)/t10-/m0/s1. The number of nitrogens with two attached hydrogens (primary N) is 1. The third-order valence-electron chi connectivity index (χ3n) is 2.94. The molecule has 0 unspecified atom stereocenters. The Morgan fingerprint density at radius 1 is 1.18 bits per heavy atom. The monoisotopic (exact) mass is 300 g/mol. The Morgan fingerprint density at radius 3 is 2.50 bits per heavy atom. The molecule has 0 saturated carbocycles. The highest BCUT2D eigenvalue weighted by molar-refractivity contribution is 5.94. The molecule has 2 aromatic rings. The molecule has 1 amide bonds. The molecule has 4 N–H and O–H groups in total. The maximum atomic E-state index is 12.0. The quantitative estimate of drug-likeness (QED) is 0.736. The lowest BCUT2D eigenvalue weighted by Gasteiger charge is -2.15. The Bertz CT molecular complexity index is 683. The van der Waals surface area contributed by atoms with Crippen molar-refractivity contribution in [2.75, 3.05) is 11.1 Å². The van der Waals surface area contributed by atoms with Crippen molar-refractivity contribution >= 4 is 23.3 Å². The highest BCUT2D eigenvalue weighted by Crippen LogP contribution is 2.16. The van der Waals surface area contributed by atoms with Crippen LogP contribution in [-0.2, 0) is 4.79 Å². The molecule has 0 aliphatic rings. The molecule has 0 fully saturated rings. The first-order valence-electron chi connectivity index (χ1n) is 6.62. The molecule has 0 radical (unpaired) electrons. The normalized spacial score (nSPS) is 11.5. The summed E-state index contributed by atoms with van der Waals surface area (Å²) in [6, 6.07) is 12.7. The molecular formula is C16H16N2O4. The topological polar surface area (TPSA) is 102 Å². The fraction of sp³-hybridized carbons (Fsp3) is 0.125. The van der Waals surface area contributed by atoms with Crippen LogP contribution in [0.15, 0.2) is 48.5 Å². The molecule has 0 bridgehead atoms. The number of carbonyl (C=O) groups excluding carboxylic acids is 1. The van der Waals surface area contributed by atoms with Crippen LogP contribution >= 0.6 is 0 Å². The molecule has 2 aromatic carbocycles. The van der Waals surface area contributed by atoms with E-state index in [1.165, 1.54) is 12.1 Å². The van der Waals surface area contributed by atoms with Gasteiger partial charge in [0.2, 0.25) is 0 Å². The van der Waals surface area contributed by atoms with E-state index in [9.17, 15) is 9.59 Å². The Kier molecular flexibility index (Phi) is 4.63. The number of ether oxygens (including phenoxy) is 1. The van der Waals surface area contributed by atoms with Crippen LogP contribution < -0.4 is 15.8 Å². The number of nitrogen functional groups attached to an aromatic ring is 1. The van der Waals surface area contributed by atoms with E-state index in [-0.39, 0.29) is 11.5 Å². The predicted octanol–water partition coefficient (Wildman–Crippen LogP) is 2.37. The molecular weight excluding hydrogens is 284 g/mol. The van der Waals surface area contributed by atoms with E-state index < -0.39 is 12.1 Å². The molecule has 6 nitrogen and oxygen atoms in total. The predicted molar refractivity (Wildman–Crippen MR) is 83.0 cm³/mol. The maximum absolute atomic E-state index is 12.0. The average molecular weight is 300 g/mol. The van der Waals surface area contributed by atoms with Gasteiger partial charge in [-0.05, 0) is 49.4 Å². The zero-order chi connectivity index (χ0) is 16.1. The van der Waals surface area contributed by atoms with Gasteiger partial charge in [0.15, 0.2) is 6.10 Å². The van der Waals surface area contributed by atoms with Crippen LogP contribution in [0, 0.1) is 0 Å². The minimum absolute atomic E-state index is 0.101. The van der Waals surface area contributed by atoms with Gasteiger partial charge in [-0.3, -0.25) is 4.79 Å². The van der Waals surface area contributed by atoms with E-state index in [0.717, 1.165) is 0 Å². The van der Waals surface area contributed by atoms with Crippen molar-refractivity contribution in [2.45, 2.75) is 13.0 Å². The Labute approximate surface area is 127 Å². The number of nitrogens with one attached hydrogen (secondary N) is 1. The molecule has 0 saturated heterocycles. The molecule has 114 valence electrons. The van der Waals surface area contributed by atoms with Crippen LogP contribution in [0.3, 0.4) is 0 Å². The molecule has 0 aliphatic heterocycles. The van der Waals surface area contributed by atoms with Crippen LogP contribution in [0.2, 0.25) is 0 Å². The zero-order valence-corrected chi connectivity index (χ0v) is 11.9. The lowest BCUT2D eigenvalue weighted by molar-refractivity contribution is -0.122. The summed E-state index contributed by atoms with van der Waals surface area (Å²) in [7, 11) is 0. The van der Waals surface area contributed by atoms with Gasteiger partial charge in [-0.2, -0.15) is 0 Å². The number of hydrogen-bond acceptors (Lipinski definition) is 4. The minimum Gasteiger partial charge on any atom is -0.481 e. The minimum atomic E-state index is -1.05. The summed E-state index contributed by atoms with van der Waals surface area (Å²) < 4.78 is 5.46. The molecule has 6 heteroatoms. The lowest BCUT2D eigenvalue weighted by atomic mass is 10.2. The van der Waals surface area contributed by atoms with Crippen molar-refractivity contribution in [1.29, 1.82) is 0 Å². The van der Waals surface area contributed by atoms with Gasteiger partial charge >= 0.3 is 5.97 Å². The van der Waals surface area contributed by atoms with E-state index in [4.69, 9.17) is 15.6 Å². The number of anilines is 2. The van der Waals surface area contributed by atoms with Crippen molar-refractivity contribution in [3.8, 4) is 5.75 Å². The number of carbonyl (C=O) groups is 2. The average Bonchev–Trinajstić information content (AvgIpc) is 2.49. The van der Waals surface area contributed by atoms with E-state index in [0.29, 0.717) is 17.1 Å². The van der Waals surface area contributed by atoms with Crippen LogP contribution in [0.4, 0.5) is 11.4 Å². The largest absolute Gasteiger partial charge is 0.481 e. The zero-order valence-electron chi connectivity index (χ0n) is 11.9. The van der Waals surface area contributed by atoms with Crippen LogP contribution in [-0.4, -0.2) is 23.1 Å². The number of hydrogen-bond donors (Lipinski definition) is 3. The lowest BCUT2D eigenvalue weighted by Crippen LogP contribution is -2.30. The van der Waals surface area contributed by atoms with Gasteiger partial charge in [0.05, 0.1) is 5.56 Å². The highest BCUT2D eigenvalue weighted by Gasteiger charge is 2.15. The number of aromatic carboxylic acids is 1. The molecule has 0 aromatic heterocycles. The van der Waals surface area contributed by atoms with Crippen LogP contribution in [0.25, 0.3) is 0 Å². The molecule has 0 spiro atoms. The van der Waals surface area contributed by atoms with Gasteiger partial charge in [-0.1, -0.05) is 6.07 Å². The van der Waals surface area contributed by atoms with Gasteiger partial charge in [-0.15, -0.1) is 0 Å². The van der Waals surface area contributed by atoms with Crippen LogP contribution in [0.5, 0.6) is 5.75 Å². The maximum Gasteiger partial charge on any atom is 0.335 e. The van der Waals surface area contributed by atoms with Gasteiger partial charge in [-0.25, -0.2) is 4.79 Å². The van der Waals surface area contributed by atoms with Crippen molar-refractivity contribution in [2.24, 2.45) is 0 Å². The number of benzene rings is 2.